The van der Waals surface area contributed by atoms with E-state index in [-0.39, 0.29) is 0 Å². The average molecular weight is 194 g/mol. The number of aromatic nitrogens is 1. The summed E-state index contributed by atoms with van der Waals surface area (Å²) in [5.41, 5.74) is 0.932. The molecule has 1 aromatic carbocycles. The third kappa shape index (κ3) is 1.28. The number of benzene rings is 1. The summed E-state index contributed by atoms with van der Waals surface area (Å²) in [6, 6.07) is 7.42. The van der Waals surface area contributed by atoms with Gasteiger partial charge in [0.25, 0.3) is 0 Å². The summed E-state index contributed by atoms with van der Waals surface area (Å²) in [6.07, 6.45) is 1.62. The zero-order chi connectivity index (χ0) is 9.42. The minimum absolute atomic E-state index is 0.359. The van der Waals surface area contributed by atoms with Crippen LogP contribution in [0.5, 0.6) is 0 Å². The van der Waals surface area contributed by atoms with Crippen molar-refractivity contribution in [1.82, 2.24) is 4.57 Å². The zero-order valence-corrected chi connectivity index (χ0v) is 7.88. The largest absolute Gasteiger partial charge is 0.768 e. The van der Waals surface area contributed by atoms with Crippen molar-refractivity contribution in [1.29, 1.82) is 0 Å². The average Bonchev–Trinajstić information content (AvgIpc) is 2.45. The normalized spacial score (nSPS) is 13.4. The minimum Gasteiger partial charge on any atom is -0.768 e. The van der Waals surface area contributed by atoms with Gasteiger partial charge in [-0.2, -0.15) is 0 Å². The fraction of sp³-hybridized carbons (Fsp3) is 0.111. The van der Waals surface area contributed by atoms with Gasteiger partial charge in [-0.3, -0.25) is 4.21 Å². The van der Waals surface area contributed by atoms with Gasteiger partial charge in [-0.25, -0.2) is 0 Å². The second kappa shape index (κ2) is 2.97. The van der Waals surface area contributed by atoms with Crippen LogP contribution in [0.1, 0.15) is 0 Å². The monoisotopic (exact) mass is 194 g/mol. The number of fused-ring (bicyclic) bond motifs is 1. The van der Waals surface area contributed by atoms with Crippen LogP contribution >= 0.6 is 0 Å². The van der Waals surface area contributed by atoms with Gasteiger partial charge in [-0.1, -0.05) is 18.2 Å². The van der Waals surface area contributed by atoms with Crippen molar-refractivity contribution < 1.29 is 8.76 Å². The predicted molar refractivity (Wildman–Crippen MR) is 50.1 cm³/mol. The third-order valence-corrected chi connectivity index (χ3v) is 2.72. The Labute approximate surface area is 78.3 Å². The van der Waals surface area contributed by atoms with Gasteiger partial charge < -0.3 is 9.12 Å². The third-order valence-electron chi connectivity index (χ3n) is 2.04. The Morgan fingerprint density at radius 1 is 1.38 bits per heavy atom. The first-order valence-corrected chi connectivity index (χ1v) is 4.91. The molecule has 0 amide bonds. The molecule has 0 spiro atoms. The first kappa shape index (κ1) is 8.47. The van der Waals surface area contributed by atoms with E-state index in [2.05, 4.69) is 0 Å². The highest BCUT2D eigenvalue weighted by Crippen LogP contribution is 2.21. The highest BCUT2D eigenvalue weighted by molar-refractivity contribution is 7.79. The fourth-order valence-electron chi connectivity index (χ4n) is 1.44. The summed E-state index contributed by atoms with van der Waals surface area (Å²) >= 11 is -2.15. The molecule has 2 rings (SSSR count). The van der Waals surface area contributed by atoms with Crippen molar-refractivity contribution in [3.05, 3.63) is 30.5 Å². The molecule has 68 valence electrons. The smallest absolute Gasteiger partial charge is 0.0504 e. The lowest BCUT2D eigenvalue weighted by Gasteiger charge is -2.00. The number of para-hydroxylation sites is 1. The van der Waals surface area contributed by atoms with Crippen LogP contribution in [-0.4, -0.2) is 13.3 Å². The fourth-order valence-corrected chi connectivity index (χ4v) is 2.03. The molecule has 1 aromatic heterocycles. The molecule has 3 nitrogen and oxygen atoms in total. The van der Waals surface area contributed by atoms with Gasteiger partial charge >= 0.3 is 0 Å². The van der Waals surface area contributed by atoms with Crippen molar-refractivity contribution in [2.75, 3.05) is 0 Å². The lowest BCUT2D eigenvalue weighted by molar-refractivity contribution is 0.537. The van der Waals surface area contributed by atoms with Crippen molar-refractivity contribution in [2.24, 2.45) is 7.05 Å². The van der Waals surface area contributed by atoms with Gasteiger partial charge in [-0.15, -0.1) is 0 Å². The van der Waals surface area contributed by atoms with Gasteiger partial charge in [0.1, 0.15) is 0 Å². The van der Waals surface area contributed by atoms with Crippen LogP contribution in [0.3, 0.4) is 0 Å². The molecule has 0 aliphatic heterocycles. The van der Waals surface area contributed by atoms with Crippen molar-refractivity contribution in [3.63, 3.8) is 0 Å². The number of aryl methyl sites for hydroxylation is 1. The van der Waals surface area contributed by atoms with E-state index in [1.807, 2.05) is 25.2 Å². The Hall–Kier alpha value is -1.13. The maximum Gasteiger partial charge on any atom is 0.0504 e. The van der Waals surface area contributed by atoms with E-state index in [1.165, 1.54) is 0 Å². The Kier molecular flexibility index (Phi) is 1.94. The van der Waals surface area contributed by atoms with E-state index in [0.717, 1.165) is 10.9 Å². The molecule has 0 saturated carbocycles. The summed E-state index contributed by atoms with van der Waals surface area (Å²) < 4.78 is 23.4. The van der Waals surface area contributed by atoms with E-state index in [1.54, 1.807) is 16.8 Å². The van der Waals surface area contributed by atoms with Crippen LogP contribution in [0.15, 0.2) is 35.4 Å². The summed E-state index contributed by atoms with van der Waals surface area (Å²) in [4.78, 5) is 0.359. The van der Waals surface area contributed by atoms with Crippen molar-refractivity contribution in [3.8, 4) is 0 Å². The molecule has 0 bridgehead atoms. The van der Waals surface area contributed by atoms with E-state index < -0.39 is 11.1 Å². The first-order valence-electron chi connectivity index (χ1n) is 3.83. The zero-order valence-electron chi connectivity index (χ0n) is 7.06. The lowest BCUT2D eigenvalue weighted by Crippen LogP contribution is -1.86. The Balaban J connectivity index is 2.85. The Bertz CT molecular complexity index is 475. The van der Waals surface area contributed by atoms with Crippen LogP contribution in [0.2, 0.25) is 0 Å². The SMILES string of the molecule is Cn1cc(S(=O)[O-])c2ccccc21. The molecule has 1 atom stereocenters. The van der Waals surface area contributed by atoms with Gasteiger partial charge in [0.15, 0.2) is 0 Å². The Morgan fingerprint density at radius 2 is 2.08 bits per heavy atom. The Morgan fingerprint density at radius 3 is 2.77 bits per heavy atom. The molecular weight excluding hydrogens is 186 g/mol. The van der Waals surface area contributed by atoms with E-state index in [0.29, 0.717) is 4.90 Å². The van der Waals surface area contributed by atoms with Crippen LogP contribution in [0, 0.1) is 0 Å². The quantitative estimate of drug-likeness (QED) is 0.644. The number of hydrogen-bond acceptors (Lipinski definition) is 2. The van der Waals surface area contributed by atoms with Crippen molar-refractivity contribution >= 4 is 22.0 Å². The molecule has 0 saturated heterocycles. The van der Waals surface area contributed by atoms with Crippen LogP contribution in [0.4, 0.5) is 0 Å². The lowest BCUT2D eigenvalue weighted by atomic mass is 10.2. The molecule has 0 radical (unpaired) electrons. The number of nitrogens with zero attached hydrogens (tertiary/aromatic N) is 1. The molecule has 1 heterocycles. The highest BCUT2D eigenvalue weighted by atomic mass is 32.2. The molecule has 13 heavy (non-hydrogen) atoms. The summed E-state index contributed by atoms with van der Waals surface area (Å²) in [5, 5.41) is 0.776. The van der Waals surface area contributed by atoms with Crippen molar-refractivity contribution in [2.45, 2.75) is 4.90 Å². The van der Waals surface area contributed by atoms with Crippen LogP contribution < -0.4 is 0 Å². The molecule has 0 fully saturated rings. The van der Waals surface area contributed by atoms with Gasteiger partial charge in [-0.05, 0) is 17.1 Å². The van der Waals surface area contributed by atoms with Crippen LogP contribution in [0.25, 0.3) is 10.9 Å². The van der Waals surface area contributed by atoms with Gasteiger partial charge in [0.2, 0.25) is 0 Å². The second-order valence-electron chi connectivity index (χ2n) is 2.86. The van der Waals surface area contributed by atoms with Gasteiger partial charge in [0.05, 0.1) is 4.90 Å². The maximum atomic E-state index is 10.8. The molecule has 4 heteroatoms. The minimum atomic E-state index is -2.15. The molecule has 0 aliphatic carbocycles. The molecule has 2 aromatic rings. The van der Waals surface area contributed by atoms with Gasteiger partial charge in [0, 0.05) is 24.1 Å². The predicted octanol–water partition coefficient (Wildman–Crippen LogP) is 1.42. The number of rotatable bonds is 1. The molecule has 1 unspecified atom stereocenters. The summed E-state index contributed by atoms with van der Waals surface area (Å²) in [5.74, 6) is 0. The molecular formula is C9H8NO2S-. The standard InChI is InChI=1S/C9H9NO2S/c1-10-6-9(13(11)12)7-4-2-3-5-8(7)10/h2-6H,1H3,(H,11,12)/p-1. The van der Waals surface area contributed by atoms with E-state index >= 15 is 0 Å². The topological polar surface area (TPSA) is 45.1 Å². The van der Waals surface area contributed by atoms with E-state index in [9.17, 15) is 8.76 Å². The maximum absolute atomic E-state index is 10.8. The second-order valence-corrected chi connectivity index (χ2v) is 3.77. The summed E-state index contributed by atoms with van der Waals surface area (Å²) in [7, 11) is 1.83. The first-order chi connectivity index (χ1) is 6.20. The number of hydrogen-bond donors (Lipinski definition) is 0. The highest BCUT2D eigenvalue weighted by Gasteiger charge is 2.04. The summed E-state index contributed by atoms with van der Waals surface area (Å²) in [6.45, 7) is 0. The van der Waals surface area contributed by atoms with E-state index in [4.69, 9.17) is 0 Å². The van der Waals surface area contributed by atoms with Crippen LogP contribution in [-0.2, 0) is 18.1 Å². The molecule has 0 aliphatic rings. The molecule has 0 N–H and O–H groups in total.